The van der Waals surface area contributed by atoms with Crippen molar-refractivity contribution in [1.29, 1.82) is 0 Å². The molecule has 104 valence electrons. The minimum atomic E-state index is -0.0668. The van der Waals surface area contributed by atoms with Gasteiger partial charge in [-0.25, -0.2) is 0 Å². The molecule has 4 heteroatoms. The highest BCUT2D eigenvalue weighted by atomic mass is 16.5. The zero-order valence-corrected chi connectivity index (χ0v) is 12.0. The molecule has 1 N–H and O–H groups in total. The Balaban J connectivity index is 2.73. The fraction of sp³-hybridized carbons (Fsp3) is 0.400. The van der Waals surface area contributed by atoms with Crippen LogP contribution in [0.1, 0.15) is 18.5 Å². The Morgan fingerprint density at radius 1 is 1.37 bits per heavy atom. The fourth-order valence-electron chi connectivity index (χ4n) is 1.83. The molecule has 0 heterocycles. The van der Waals surface area contributed by atoms with Crippen LogP contribution in [0.15, 0.2) is 36.4 Å². The van der Waals surface area contributed by atoms with E-state index in [9.17, 15) is 4.79 Å². The molecular formula is C15H22N2O2. The number of amides is 1. The highest BCUT2D eigenvalue weighted by Crippen LogP contribution is 2.20. The number of rotatable bonds is 6. The molecule has 19 heavy (non-hydrogen) atoms. The number of carbonyl (C=O) groups is 1. The van der Waals surface area contributed by atoms with Crippen LogP contribution in [0, 0.1) is 0 Å². The van der Waals surface area contributed by atoms with Gasteiger partial charge in [0.2, 0.25) is 5.91 Å². The molecule has 0 aliphatic rings. The number of ether oxygens (including phenoxy) is 1. The summed E-state index contributed by atoms with van der Waals surface area (Å²) in [7, 11) is 5.64. The normalized spacial score (nSPS) is 12.7. The van der Waals surface area contributed by atoms with Crippen LogP contribution < -0.4 is 10.1 Å². The first-order valence-corrected chi connectivity index (χ1v) is 6.29. The number of allylic oxidation sites excluding steroid dienone is 1. The maximum Gasteiger partial charge on any atom is 0.243 e. The molecule has 0 aliphatic carbocycles. The Morgan fingerprint density at radius 3 is 2.47 bits per heavy atom. The summed E-state index contributed by atoms with van der Waals surface area (Å²) in [4.78, 5) is 13.5. The molecular weight excluding hydrogens is 240 g/mol. The standard InChI is InChI=1S/C15H22N2O2/c1-5-6-15(18)16-11-14(17(2)3)12-7-9-13(19-4)10-8-12/h5-10,14H,11H2,1-4H3,(H,16,18)/b6-5+. The van der Waals surface area contributed by atoms with E-state index in [0.29, 0.717) is 6.54 Å². The molecule has 4 nitrogen and oxygen atoms in total. The summed E-state index contributed by atoms with van der Waals surface area (Å²) >= 11 is 0. The van der Waals surface area contributed by atoms with E-state index in [1.54, 1.807) is 13.2 Å². The van der Waals surface area contributed by atoms with Crippen molar-refractivity contribution in [3.05, 3.63) is 42.0 Å². The van der Waals surface area contributed by atoms with Gasteiger partial charge in [0.25, 0.3) is 0 Å². The number of benzene rings is 1. The number of nitrogens with zero attached hydrogens (tertiary/aromatic N) is 1. The van der Waals surface area contributed by atoms with Crippen LogP contribution in [-0.2, 0) is 4.79 Å². The van der Waals surface area contributed by atoms with Gasteiger partial charge in [0.15, 0.2) is 0 Å². The van der Waals surface area contributed by atoms with Gasteiger partial charge >= 0.3 is 0 Å². The van der Waals surface area contributed by atoms with Crippen LogP contribution in [0.2, 0.25) is 0 Å². The number of hydrogen-bond acceptors (Lipinski definition) is 3. The zero-order valence-electron chi connectivity index (χ0n) is 12.0. The van der Waals surface area contributed by atoms with Crippen molar-refractivity contribution in [2.24, 2.45) is 0 Å². The molecule has 0 aromatic heterocycles. The minimum Gasteiger partial charge on any atom is -0.497 e. The quantitative estimate of drug-likeness (QED) is 0.797. The third-order valence-corrected chi connectivity index (χ3v) is 2.91. The van der Waals surface area contributed by atoms with E-state index >= 15 is 0 Å². The predicted octanol–water partition coefficient (Wildman–Crippen LogP) is 1.99. The summed E-state index contributed by atoms with van der Waals surface area (Å²) in [5.74, 6) is 0.766. The van der Waals surface area contributed by atoms with Crippen molar-refractivity contribution >= 4 is 5.91 Å². The molecule has 0 spiro atoms. The first kappa shape index (κ1) is 15.2. The Labute approximate surface area is 115 Å². The van der Waals surface area contributed by atoms with E-state index in [2.05, 4.69) is 10.2 Å². The van der Waals surface area contributed by atoms with Gasteiger partial charge in [0.1, 0.15) is 5.75 Å². The molecule has 0 saturated heterocycles. The van der Waals surface area contributed by atoms with Gasteiger partial charge in [-0.15, -0.1) is 0 Å². The molecule has 1 amide bonds. The van der Waals surface area contributed by atoms with E-state index in [1.807, 2.05) is 45.3 Å². The first-order valence-electron chi connectivity index (χ1n) is 6.29. The lowest BCUT2D eigenvalue weighted by Crippen LogP contribution is -2.33. The highest BCUT2D eigenvalue weighted by molar-refractivity contribution is 5.87. The second-order valence-corrected chi connectivity index (χ2v) is 4.50. The van der Waals surface area contributed by atoms with Crippen molar-refractivity contribution in [3.8, 4) is 5.75 Å². The van der Waals surface area contributed by atoms with Gasteiger partial charge in [-0.2, -0.15) is 0 Å². The minimum absolute atomic E-state index is 0.0668. The second kappa shape index (κ2) is 7.59. The van der Waals surface area contributed by atoms with E-state index < -0.39 is 0 Å². The van der Waals surface area contributed by atoms with Gasteiger partial charge in [-0.05, 0) is 44.8 Å². The third kappa shape index (κ3) is 4.75. The van der Waals surface area contributed by atoms with E-state index in [-0.39, 0.29) is 11.9 Å². The Kier molecular flexibility index (Phi) is 6.09. The van der Waals surface area contributed by atoms with Crippen molar-refractivity contribution < 1.29 is 9.53 Å². The predicted molar refractivity (Wildman–Crippen MR) is 77.2 cm³/mol. The van der Waals surface area contributed by atoms with Crippen LogP contribution in [0.25, 0.3) is 0 Å². The van der Waals surface area contributed by atoms with E-state index in [1.165, 1.54) is 6.08 Å². The smallest absolute Gasteiger partial charge is 0.243 e. The molecule has 0 radical (unpaired) electrons. The Bertz CT molecular complexity index is 424. The van der Waals surface area contributed by atoms with Crippen molar-refractivity contribution in [2.75, 3.05) is 27.7 Å². The summed E-state index contributed by atoms with van der Waals surface area (Å²) in [5.41, 5.74) is 1.14. The molecule has 1 rings (SSSR count). The summed E-state index contributed by atoms with van der Waals surface area (Å²) in [6, 6.07) is 8.04. The summed E-state index contributed by atoms with van der Waals surface area (Å²) < 4.78 is 5.15. The molecule has 1 atom stereocenters. The van der Waals surface area contributed by atoms with Crippen LogP contribution in [0.4, 0.5) is 0 Å². The molecule has 0 bridgehead atoms. The summed E-state index contributed by atoms with van der Waals surface area (Å²) in [5, 5.41) is 2.89. The van der Waals surface area contributed by atoms with Crippen LogP contribution >= 0.6 is 0 Å². The first-order chi connectivity index (χ1) is 9.08. The zero-order chi connectivity index (χ0) is 14.3. The van der Waals surface area contributed by atoms with Crippen molar-refractivity contribution in [1.82, 2.24) is 10.2 Å². The van der Waals surface area contributed by atoms with Gasteiger partial charge in [-0.3, -0.25) is 4.79 Å². The number of carbonyl (C=O) groups excluding carboxylic acids is 1. The largest absolute Gasteiger partial charge is 0.497 e. The molecule has 0 fully saturated rings. The molecule has 1 unspecified atom stereocenters. The number of hydrogen-bond donors (Lipinski definition) is 1. The van der Waals surface area contributed by atoms with Crippen molar-refractivity contribution in [2.45, 2.75) is 13.0 Å². The molecule has 0 aliphatic heterocycles. The van der Waals surface area contributed by atoms with Crippen LogP contribution in [0.5, 0.6) is 5.75 Å². The summed E-state index contributed by atoms with van der Waals surface area (Å²) in [6.07, 6.45) is 3.26. The monoisotopic (exact) mass is 262 g/mol. The van der Waals surface area contributed by atoms with Gasteiger partial charge in [-0.1, -0.05) is 18.2 Å². The van der Waals surface area contributed by atoms with E-state index in [4.69, 9.17) is 4.74 Å². The molecule has 1 aromatic carbocycles. The van der Waals surface area contributed by atoms with E-state index in [0.717, 1.165) is 11.3 Å². The number of likely N-dealkylation sites (N-methyl/N-ethyl adjacent to an activating group) is 1. The van der Waals surface area contributed by atoms with Gasteiger partial charge in [0, 0.05) is 6.54 Å². The highest BCUT2D eigenvalue weighted by Gasteiger charge is 2.14. The summed E-state index contributed by atoms with van der Waals surface area (Å²) in [6.45, 7) is 2.40. The number of methoxy groups -OCH3 is 1. The third-order valence-electron chi connectivity index (χ3n) is 2.91. The Morgan fingerprint density at radius 2 is 2.00 bits per heavy atom. The van der Waals surface area contributed by atoms with Crippen LogP contribution in [-0.4, -0.2) is 38.6 Å². The maximum absolute atomic E-state index is 11.5. The lowest BCUT2D eigenvalue weighted by atomic mass is 10.1. The lowest BCUT2D eigenvalue weighted by Gasteiger charge is -2.25. The SMILES string of the molecule is C/C=C/C(=O)NCC(c1ccc(OC)cc1)N(C)C. The maximum atomic E-state index is 11.5. The lowest BCUT2D eigenvalue weighted by molar-refractivity contribution is -0.116. The average molecular weight is 262 g/mol. The molecule has 1 aromatic rings. The van der Waals surface area contributed by atoms with Gasteiger partial charge in [0.05, 0.1) is 13.2 Å². The topological polar surface area (TPSA) is 41.6 Å². The van der Waals surface area contributed by atoms with Crippen LogP contribution in [0.3, 0.4) is 0 Å². The fourth-order valence-corrected chi connectivity index (χ4v) is 1.83. The second-order valence-electron chi connectivity index (χ2n) is 4.50. The van der Waals surface area contributed by atoms with Gasteiger partial charge < -0.3 is 15.0 Å². The average Bonchev–Trinajstić information content (AvgIpc) is 2.39. The number of nitrogens with one attached hydrogen (secondary N) is 1. The van der Waals surface area contributed by atoms with Crippen molar-refractivity contribution in [3.63, 3.8) is 0 Å². The Hall–Kier alpha value is -1.81. The molecule has 0 saturated carbocycles.